The first-order valence-electron chi connectivity index (χ1n) is 5.00. The average Bonchev–Trinajstić information content (AvgIpc) is 2.70. The highest BCUT2D eigenvalue weighted by molar-refractivity contribution is 7.98. The normalized spacial score (nSPS) is 12.4. The summed E-state index contributed by atoms with van der Waals surface area (Å²) in [6, 6.07) is 0.172. The molecule has 90 valence electrons. The number of aromatic nitrogens is 3. The Morgan fingerprint density at radius 1 is 1.69 bits per heavy atom. The topological polar surface area (TPSA) is 87.9 Å². The van der Waals surface area contributed by atoms with Crippen LogP contribution in [-0.4, -0.2) is 51.1 Å². The number of carbonyl (C=O) groups is 1. The molecule has 7 heteroatoms. The number of H-pyrrole nitrogens is 1. The number of hydrogen-bond donors (Lipinski definition) is 2. The van der Waals surface area contributed by atoms with E-state index in [1.54, 1.807) is 23.7 Å². The molecule has 0 aromatic carbocycles. The molecule has 6 nitrogen and oxygen atoms in total. The maximum absolute atomic E-state index is 11.9. The highest BCUT2D eigenvalue weighted by Gasteiger charge is 2.20. The van der Waals surface area contributed by atoms with Gasteiger partial charge in [0.05, 0.1) is 0 Å². The van der Waals surface area contributed by atoms with E-state index in [0.29, 0.717) is 0 Å². The van der Waals surface area contributed by atoms with E-state index in [9.17, 15) is 4.79 Å². The first-order valence-corrected chi connectivity index (χ1v) is 6.39. The molecule has 0 aliphatic heterocycles. The van der Waals surface area contributed by atoms with Gasteiger partial charge < -0.3 is 10.6 Å². The average molecular weight is 243 g/mol. The quantitative estimate of drug-likeness (QED) is 0.790. The number of amides is 1. The molecular weight excluding hydrogens is 226 g/mol. The third-order valence-electron chi connectivity index (χ3n) is 2.43. The number of nitrogens with two attached hydrogens (primary N) is 1. The number of nitrogens with zero attached hydrogens (tertiary/aromatic N) is 3. The fourth-order valence-corrected chi connectivity index (χ4v) is 1.80. The Bertz CT molecular complexity index is 353. The third kappa shape index (κ3) is 3.13. The fourth-order valence-electron chi connectivity index (χ4n) is 1.22. The lowest BCUT2D eigenvalue weighted by molar-refractivity contribution is 0.0729. The Hall–Kier alpha value is -1.24. The predicted molar refractivity (Wildman–Crippen MR) is 65.3 cm³/mol. The standard InChI is InChI=1S/C9H17N5OS/c1-6(4-5-16-3)14(2)8(15)7-11-9(10)13-12-7/h6H,4-5H2,1-3H3,(H3,10,11,12,13). The third-order valence-corrected chi connectivity index (χ3v) is 3.07. The van der Waals surface area contributed by atoms with Crippen LogP contribution in [0.5, 0.6) is 0 Å². The van der Waals surface area contributed by atoms with Crippen molar-refractivity contribution < 1.29 is 4.79 Å². The molecule has 1 heterocycles. The van der Waals surface area contributed by atoms with Crippen LogP contribution in [0.25, 0.3) is 0 Å². The second kappa shape index (κ2) is 5.74. The van der Waals surface area contributed by atoms with Gasteiger partial charge in [-0.1, -0.05) is 0 Å². The largest absolute Gasteiger partial charge is 0.366 e. The molecule has 0 fully saturated rings. The molecule has 16 heavy (non-hydrogen) atoms. The minimum Gasteiger partial charge on any atom is -0.366 e. The van der Waals surface area contributed by atoms with Crippen molar-refractivity contribution in [2.75, 3.05) is 24.8 Å². The molecule has 1 rings (SSSR count). The maximum atomic E-state index is 11.9. The van der Waals surface area contributed by atoms with Crippen molar-refractivity contribution in [2.45, 2.75) is 19.4 Å². The van der Waals surface area contributed by atoms with Crippen LogP contribution in [0.15, 0.2) is 0 Å². The molecule has 1 unspecified atom stereocenters. The molecule has 0 aliphatic rings. The van der Waals surface area contributed by atoms with E-state index < -0.39 is 0 Å². The first-order chi connectivity index (χ1) is 7.56. The number of aromatic amines is 1. The molecule has 0 bridgehead atoms. The van der Waals surface area contributed by atoms with Crippen LogP contribution in [0.1, 0.15) is 24.0 Å². The van der Waals surface area contributed by atoms with Crippen molar-refractivity contribution in [1.29, 1.82) is 0 Å². The van der Waals surface area contributed by atoms with Gasteiger partial charge in [0.25, 0.3) is 5.91 Å². The Morgan fingerprint density at radius 2 is 2.38 bits per heavy atom. The molecule has 1 atom stereocenters. The van der Waals surface area contributed by atoms with Crippen LogP contribution in [0.3, 0.4) is 0 Å². The second-order valence-corrected chi connectivity index (χ2v) is 4.57. The molecular formula is C9H17N5OS. The van der Waals surface area contributed by atoms with E-state index in [-0.39, 0.29) is 23.7 Å². The van der Waals surface area contributed by atoms with Crippen molar-refractivity contribution in [3.8, 4) is 0 Å². The minimum atomic E-state index is -0.183. The number of nitrogens with one attached hydrogen (secondary N) is 1. The number of anilines is 1. The Labute approximate surface area is 99.0 Å². The summed E-state index contributed by atoms with van der Waals surface area (Å²) < 4.78 is 0. The summed E-state index contributed by atoms with van der Waals surface area (Å²) >= 11 is 1.77. The lowest BCUT2D eigenvalue weighted by Gasteiger charge is -2.23. The van der Waals surface area contributed by atoms with Gasteiger partial charge in [0.1, 0.15) is 0 Å². The van der Waals surface area contributed by atoms with E-state index >= 15 is 0 Å². The van der Waals surface area contributed by atoms with Gasteiger partial charge >= 0.3 is 0 Å². The molecule has 0 aliphatic carbocycles. The zero-order valence-corrected chi connectivity index (χ0v) is 10.5. The number of rotatable bonds is 5. The molecule has 1 aromatic rings. The van der Waals surface area contributed by atoms with Gasteiger partial charge in [-0.05, 0) is 25.4 Å². The summed E-state index contributed by atoms with van der Waals surface area (Å²) in [5, 5.41) is 6.15. The van der Waals surface area contributed by atoms with E-state index in [0.717, 1.165) is 12.2 Å². The molecule has 0 spiro atoms. The fraction of sp³-hybridized carbons (Fsp3) is 0.667. The molecule has 0 radical (unpaired) electrons. The summed E-state index contributed by atoms with van der Waals surface area (Å²) in [6.45, 7) is 2.01. The molecule has 0 saturated carbocycles. The maximum Gasteiger partial charge on any atom is 0.291 e. The van der Waals surface area contributed by atoms with E-state index in [1.165, 1.54) is 0 Å². The molecule has 1 amide bonds. The van der Waals surface area contributed by atoms with Crippen LogP contribution in [-0.2, 0) is 0 Å². The summed E-state index contributed by atoms with van der Waals surface area (Å²) in [4.78, 5) is 17.4. The Morgan fingerprint density at radius 3 is 2.88 bits per heavy atom. The van der Waals surface area contributed by atoms with Crippen LogP contribution in [0, 0.1) is 0 Å². The smallest absolute Gasteiger partial charge is 0.291 e. The van der Waals surface area contributed by atoms with Gasteiger partial charge in [0.2, 0.25) is 11.8 Å². The van der Waals surface area contributed by atoms with Gasteiger partial charge in [-0.25, -0.2) is 0 Å². The molecule has 0 saturated heterocycles. The summed E-state index contributed by atoms with van der Waals surface area (Å²) in [5.74, 6) is 1.12. The molecule has 1 aromatic heterocycles. The Balaban J connectivity index is 2.59. The molecule has 3 N–H and O–H groups in total. The number of carbonyl (C=O) groups excluding carboxylic acids is 1. The van der Waals surface area contributed by atoms with Crippen LogP contribution in [0.4, 0.5) is 5.95 Å². The van der Waals surface area contributed by atoms with Crippen molar-refractivity contribution in [1.82, 2.24) is 20.1 Å². The highest BCUT2D eigenvalue weighted by atomic mass is 32.2. The van der Waals surface area contributed by atoms with Gasteiger partial charge in [-0.2, -0.15) is 16.7 Å². The summed E-state index contributed by atoms with van der Waals surface area (Å²) in [5.41, 5.74) is 5.35. The first kappa shape index (κ1) is 12.8. The van der Waals surface area contributed by atoms with E-state index in [2.05, 4.69) is 15.2 Å². The van der Waals surface area contributed by atoms with Crippen molar-refractivity contribution in [3.05, 3.63) is 5.82 Å². The Kier molecular flexibility index (Phi) is 4.60. The zero-order valence-electron chi connectivity index (χ0n) is 9.73. The number of nitrogen functional groups attached to an aromatic ring is 1. The SMILES string of the molecule is CSCCC(C)N(C)C(=O)c1nc(N)n[nH]1. The van der Waals surface area contributed by atoms with Crippen molar-refractivity contribution >= 4 is 23.6 Å². The second-order valence-electron chi connectivity index (χ2n) is 3.59. The van der Waals surface area contributed by atoms with Gasteiger partial charge in [-0.3, -0.25) is 9.89 Å². The van der Waals surface area contributed by atoms with Crippen molar-refractivity contribution in [3.63, 3.8) is 0 Å². The lowest BCUT2D eigenvalue weighted by atomic mass is 10.2. The number of thioether (sulfide) groups is 1. The van der Waals surface area contributed by atoms with Crippen LogP contribution >= 0.6 is 11.8 Å². The zero-order chi connectivity index (χ0) is 12.1. The van der Waals surface area contributed by atoms with E-state index in [4.69, 9.17) is 5.73 Å². The summed E-state index contributed by atoms with van der Waals surface area (Å²) in [6.07, 6.45) is 3.00. The van der Waals surface area contributed by atoms with Gasteiger partial charge in [-0.15, -0.1) is 5.10 Å². The monoisotopic (exact) mass is 243 g/mol. The predicted octanol–water partition coefficient (Wildman–Crippen LogP) is 0.601. The van der Waals surface area contributed by atoms with Crippen molar-refractivity contribution in [2.24, 2.45) is 0 Å². The lowest BCUT2D eigenvalue weighted by Crippen LogP contribution is -2.36. The van der Waals surface area contributed by atoms with Gasteiger partial charge in [0, 0.05) is 13.1 Å². The highest BCUT2D eigenvalue weighted by Crippen LogP contribution is 2.08. The van der Waals surface area contributed by atoms with Crippen LogP contribution in [0.2, 0.25) is 0 Å². The number of hydrogen-bond acceptors (Lipinski definition) is 5. The summed E-state index contributed by atoms with van der Waals surface area (Å²) in [7, 11) is 1.76. The van der Waals surface area contributed by atoms with Gasteiger partial charge in [0.15, 0.2) is 0 Å². The van der Waals surface area contributed by atoms with Crippen LogP contribution < -0.4 is 5.73 Å². The van der Waals surface area contributed by atoms with E-state index in [1.807, 2.05) is 13.2 Å². The minimum absolute atomic E-state index is 0.0912.